The van der Waals surface area contributed by atoms with Crippen LogP contribution in [0.5, 0.6) is 0 Å². The summed E-state index contributed by atoms with van der Waals surface area (Å²) in [6, 6.07) is 4.02. The molecule has 0 bridgehead atoms. The van der Waals surface area contributed by atoms with Gasteiger partial charge in [-0.3, -0.25) is 14.7 Å². The van der Waals surface area contributed by atoms with Crippen LogP contribution >= 0.6 is 0 Å². The van der Waals surface area contributed by atoms with Crippen LogP contribution in [-0.4, -0.2) is 71.6 Å². The van der Waals surface area contributed by atoms with Gasteiger partial charge in [-0.25, -0.2) is 0 Å². The zero-order chi connectivity index (χ0) is 17.1. The Morgan fingerprint density at radius 1 is 1.24 bits per heavy atom. The van der Waals surface area contributed by atoms with E-state index in [2.05, 4.69) is 27.1 Å². The van der Waals surface area contributed by atoms with E-state index in [1.165, 1.54) is 5.56 Å². The molecule has 0 radical (unpaired) electrons. The standard InChI is InChI=1S/C19H26N4O2/c24-18(5-7-22-10-12-25-13-11-22)23-8-3-15(4-9-23)16-14-21-17-2-1-6-20-19(16)17/h1-2,6,14-15,21H,3-5,7-13H2. The fourth-order valence-corrected chi connectivity index (χ4v) is 3.96. The topological polar surface area (TPSA) is 61.5 Å². The van der Waals surface area contributed by atoms with Crippen molar-refractivity contribution in [3.63, 3.8) is 0 Å². The third kappa shape index (κ3) is 3.70. The summed E-state index contributed by atoms with van der Waals surface area (Å²) < 4.78 is 5.36. The van der Waals surface area contributed by atoms with E-state index in [4.69, 9.17) is 4.74 Å². The number of amides is 1. The van der Waals surface area contributed by atoms with Gasteiger partial charge in [0.25, 0.3) is 0 Å². The first-order chi connectivity index (χ1) is 12.3. The van der Waals surface area contributed by atoms with Crippen LogP contribution in [0.3, 0.4) is 0 Å². The number of nitrogens with one attached hydrogen (secondary N) is 1. The molecule has 2 aromatic rings. The van der Waals surface area contributed by atoms with E-state index in [9.17, 15) is 4.79 Å². The number of pyridine rings is 1. The summed E-state index contributed by atoms with van der Waals surface area (Å²) in [6.07, 6.45) is 6.61. The summed E-state index contributed by atoms with van der Waals surface area (Å²) in [5, 5.41) is 0. The summed E-state index contributed by atoms with van der Waals surface area (Å²) in [7, 11) is 0. The van der Waals surface area contributed by atoms with Crippen molar-refractivity contribution in [2.75, 3.05) is 45.9 Å². The number of aromatic nitrogens is 2. The molecule has 0 aliphatic carbocycles. The molecule has 4 heterocycles. The van der Waals surface area contributed by atoms with E-state index in [1.807, 2.05) is 17.2 Å². The first-order valence-corrected chi connectivity index (χ1v) is 9.31. The molecule has 6 nitrogen and oxygen atoms in total. The number of morpholine rings is 1. The zero-order valence-electron chi connectivity index (χ0n) is 14.6. The average molecular weight is 342 g/mol. The van der Waals surface area contributed by atoms with Gasteiger partial charge in [0.05, 0.1) is 24.2 Å². The summed E-state index contributed by atoms with van der Waals surface area (Å²) in [5.41, 5.74) is 3.48. The number of likely N-dealkylation sites (tertiary alicyclic amines) is 1. The van der Waals surface area contributed by atoms with Crippen LogP contribution in [0, 0.1) is 0 Å². The molecule has 2 aliphatic heterocycles. The van der Waals surface area contributed by atoms with Crippen LogP contribution in [0.4, 0.5) is 0 Å². The number of piperidine rings is 1. The highest BCUT2D eigenvalue weighted by Crippen LogP contribution is 2.32. The minimum absolute atomic E-state index is 0.294. The number of fused-ring (bicyclic) bond motifs is 1. The Balaban J connectivity index is 1.29. The van der Waals surface area contributed by atoms with Crippen molar-refractivity contribution in [3.05, 3.63) is 30.1 Å². The van der Waals surface area contributed by atoms with Gasteiger partial charge in [-0.2, -0.15) is 0 Å². The summed E-state index contributed by atoms with van der Waals surface area (Å²) in [6.45, 7) is 6.04. The van der Waals surface area contributed by atoms with Gasteiger partial charge < -0.3 is 14.6 Å². The molecule has 2 aliphatic rings. The van der Waals surface area contributed by atoms with E-state index in [-0.39, 0.29) is 0 Å². The van der Waals surface area contributed by atoms with Gasteiger partial charge in [0, 0.05) is 51.5 Å². The van der Waals surface area contributed by atoms with Crippen LogP contribution in [0.1, 0.15) is 30.7 Å². The lowest BCUT2D eigenvalue weighted by Crippen LogP contribution is -2.41. The summed E-state index contributed by atoms with van der Waals surface area (Å²) in [5.74, 6) is 0.786. The number of carbonyl (C=O) groups excluding carboxylic acids is 1. The van der Waals surface area contributed by atoms with Gasteiger partial charge in [-0.1, -0.05) is 0 Å². The Morgan fingerprint density at radius 2 is 2.04 bits per heavy atom. The predicted octanol–water partition coefficient (Wildman–Crippen LogP) is 1.99. The van der Waals surface area contributed by atoms with Gasteiger partial charge in [-0.05, 0) is 36.5 Å². The predicted molar refractivity (Wildman–Crippen MR) is 96.5 cm³/mol. The quantitative estimate of drug-likeness (QED) is 0.923. The molecule has 2 fully saturated rings. The minimum Gasteiger partial charge on any atom is -0.379 e. The maximum Gasteiger partial charge on any atom is 0.223 e. The lowest BCUT2D eigenvalue weighted by Gasteiger charge is -2.33. The second-order valence-corrected chi connectivity index (χ2v) is 7.00. The van der Waals surface area contributed by atoms with Gasteiger partial charge >= 0.3 is 0 Å². The first-order valence-electron chi connectivity index (χ1n) is 9.31. The molecular weight excluding hydrogens is 316 g/mol. The number of H-pyrrole nitrogens is 1. The molecular formula is C19H26N4O2. The highest BCUT2D eigenvalue weighted by atomic mass is 16.5. The van der Waals surface area contributed by atoms with Crippen LogP contribution < -0.4 is 0 Å². The Labute approximate surface area is 148 Å². The zero-order valence-corrected chi connectivity index (χ0v) is 14.6. The Kier molecular flexibility index (Phi) is 4.99. The monoisotopic (exact) mass is 342 g/mol. The van der Waals surface area contributed by atoms with Crippen LogP contribution in [0.25, 0.3) is 11.0 Å². The molecule has 2 aromatic heterocycles. The SMILES string of the molecule is O=C(CCN1CCOCC1)N1CCC(c2c[nH]c3cccnc23)CC1. The lowest BCUT2D eigenvalue weighted by molar-refractivity contribution is -0.132. The van der Waals surface area contributed by atoms with E-state index < -0.39 is 0 Å². The smallest absolute Gasteiger partial charge is 0.223 e. The van der Waals surface area contributed by atoms with Crippen molar-refractivity contribution < 1.29 is 9.53 Å². The van der Waals surface area contributed by atoms with Gasteiger partial charge in [0.2, 0.25) is 5.91 Å². The molecule has 1 N–H and O–H groups in total. The second kappa shape index (κ2) is 7.54. The number of aromatic amines is 1. The van der Waals surface area contributed by atoms with Gasteiger partial charge in [0.15, 0.2) is 0 Å². The Morgan fingerprint density at radius 3 is 2.84 bits per heavy atom. The van der Waals surface area contributed by atoms with Crippen molar-refractivity contribution in [3.8, 4) is 0 Å². The fourth-order valence-electron chi connectivity index (χ4n) is 3.96. The molecule has 2 saturated heterocycles. The van der Waals surface area contributed by atoms with Crippen LogP contribution in [0.15, 0.2) is 24.5 Å². The largest absolute Gasteiger partial charge is 0.379 e. The Hall–Kier alpha value is -1.92. The second-order valence-electron chi connectivity index (χ2n) is 7.00. The van der Waals surface area contributed by atoms with Crippen molar-refractivity contribution in [1.29, 1.82) is 0 Å². The lowest BCUT2D eigenvalue weighted by atomic mass is 9.90. The van der Waals surface area contributed by atoms with Crippen molar-refractivity contribution in [2.45, 2.75) is 25.2 Å². The van der Waals surface area contributed by atoms with E-state index in [1.54, 1.807) is 0 Å². The first kappa shape index (κ1) is 16.5. The highest BCUT2D eigenvalue weighted by Gasteiger charge is 2.26. The number of nitrogens with zero attached hydrogens (tertiary/aromatic N) is 3. The van der Waals surface area contributed by atoms with E-state index in [0.29, 0.717) is 18.2 Å². The van der Waals surface area contributed by atoms with E-state index in [0.717, 1.165) is 69.8 Å². The minimum atomic E-state index is 0.294. The van der Waals surface area contributed by atoms with Gasteiger partial charge in [-0.15, -0.1) is 0 Å². The Bertz CT molecular complexity index is 715. The number of ether oxygens (including phenoxy) is 1. The molecule has 0 aromatic carbocycles. The average Bonchev–Trinajstić information content (AvgIpc) is 3.11. The van der Waals surface area contributed by atoms with Crippen LogP contribution in [-0.2, 0) is 9.53 Å². The van der Waals surface area contributed by atoms with Crippen molar-refractivity contribution in [1.82, 2.24) is 19.8 Å². The number of hydrogen-bond acceptors (Lipinski definition) is 4. The molecule has 134 valence electrons. The maximum atomic E-state index is 12.5. The number of rotatable bonds is 4. The molecule has 4 rings (SSSR count). The molecule has 1 amide bonds. The molecule has 6 heteroatoms. The normalized spacial score (nSPS) is 20.2. The molecule has 0 unspecified atom stereocenters. The molecule has 0 saturated carbocycles. The third-order valence-electron chi connectivity index (χ3n) is 5.50. The summed E-state index contributed by atoms with van der Waals surface area (Å²) in [4.78, 5) is 24.7. The van der Waals surface area contributed by atoms with Crippen molar-refractivity contribution >= 4 is 16.9 Å². The molecule has 25 heavy (non-hydrogen) atoms. The summed E-state index contributed by atoms with van der Waals surface area (Å²) >= 11 is 0. The molecule has 0 spiro atoms. The fraction of sp³-hybridized carbons (Fsp3) is 0.579. The maximum absolute atomic E-state index is 12.5. The third-order valence-corrected chi connectivity index (χ3v) is 5.50. The van der Waals surface area contributed by atoms with Crippen LogP contribution in [0.2, 0.25) is 0 Å². The molecule has 0 atom stereocenters. The highest BCUT2D eigenvalue weighted by molar-refractivity contribution is 5.79. The van der Waals surface area contributed by atoms with E-state index >= 15 is 0 Å². The number of hydrogen-bond donors (Lipinski definition) is 1. The van der Waals surface area contributed by atoms with Crippen molar-refractivity contribution in [2.24, 2.45) is 0 Å². The number of carbonyl (C=O) groups is 1. The van der Waals surface area contributed by atoms with Gasteiger partial charge in [0.1, 0.15) is 0 Å².